The second kappa shape index (κ2) is 22.7. The minimum absolute atomic E-state index is 1.02. The van der Waals surface area contributed by atoms with Gasteiger partial charge in [0.2, 0.25) is 0 Å². The minimum Gasteiger partial charge on any atom is -0.415 e. The molecule has 0 amide bonds. The van der Waals surface area contributed by atoms with Crippen LogP contribution in [0.4, 0.5) is 0 Å². The van der Waals surface area contributed by atoms with Gasteiger partial charge in [0.05, 0.1) is 0 Å². The second-order valence-electron chi connectivity index (χ2n) is 10.0. The van der Waals surface area contributed by atoms with Crippen LogP contribution < -0.4 is 10.6 Å². The highest BCUT2D eigenvalue weighted by molar-refractivity contribution is 6.80. The normalized spacial score (nSPS) is 15.5. The van der Waals surface area contributed by atoms with Crippen molar-refractivity contribution in [2.24, 2.45) is 0 Å². The van der Waals surface area contributed by atoms with E-state index in [1.54, 1.807) is 0 Å². The average Bonchev–Trinajstić information content (AvgIpc) is 2.81. The maximum absolute atomic E-state index is 6.67. The van der Waals surface area contributed by atoms with Gasteiger partial charge in [0.15, 0.2) is 0 Å². The van der Waals surface area contributed by atoms with E-state index < -0.39 is 17.1 Å². The highest BCUT2D eigenvalue weighted by atomic mass is 28.5. The van der Waals surface area contributed by atoms with Gasteiger partial charge < -0.3 is 23.6 Å². The largest absolute Gasteiger partial charge is 0.415 e. The van der Waals surface area contributed by atoms with E-state index in [9.17, 15) is 0 Å². The van der Waals surface area contributed by atoms with Gasteiger partial charge in [0.1, 0.15) is 0 Å². The van der Waals surface area contributed by atoms with Crippen LogP contribution in [0.15, 0.2) is 0 Å². The molecule has 2 unspecified atom stereocenters. The molecule has 0 aromatic rings. The Morgan fingerprint density at radius 3 is 1.18 bits per heavy atom. The van der Waals surface area contributed by atoms with Crippen LogP contribution in [0.25, 0.3) is 0 Å². The van der Waals surface area contributed by atoms with Gasteiger partial charge in [-0.3, -0.25) is 0 Å². The summed E-state index contributed by atoms with van der Waals surface area (Å²) in [5.74, 6) is 0. The molecule has 0 aromatic heterocycles. The third kappa shape index (κ3) is 20.2. The fourth-order valence-corrected chi connectivity index (χ4v) is 11.4. The Morgan fingerprint density at radius 1 is 0.485 bits per heavy atom. The van der Waals surface area contributed by atoms with Gasteiger partial charge in [-0.2, -0.15) is 0 Å². The van der Waals surface area contributed by atoms with E-state index in [1.807, 2.05) is 14.2 Å². The van der Waals surface area contributed by atoms with Gasteiger partial charge in [-0.05, 0) is 77.0 Å². The Labute approximate surface area is 210 Å². The van der Waals surface area contributed by atoms with Gasteiger partial charge in [-0.1, -0.05) is 78.1 Å². The van der Waals surface area contributed by atoms with Crippen molar-refractivity contribution < 1.29 is 13.0 Å². The zero-order valence-electron chi connectivity index (χ0n) is 23.4. The van der Waals surface area contributed by atoms with E-state index in [2.05, 4.69) is 37.6 Å². The zero-order valence-corrected chi connectivity index (χ0v) is 25.4. The molecule has 2 atom stereocenters. The minimum atomic E-state index is -2.19. The number of unbranched alkanes of at least 4 members (excludes halogenated alkanes) is 10. The van der Waals surface area contributed by atoms with Crippen molar-refractivity contribution in [1.82, 2.24) is 10.6 Å². The quantitative estimate of drug-likeness (QED) is 0.0970. The molecule has 0 aromatic carbocycles. The van der Waals surface area contributed by atoms with Crippen LogP contribution in [0.1, 0.15) is 104 Å². The van der Waals surface area contributed by atoms with Crippen molar-refractivity contribution >= 4 is 17.1 Å². The van der Waals surface area contributed by atoms with Crippen molar-refractivity contribution in [2.45, 2.75) is 129 Å². The summed E-state index contributed by atoms with van der Waals surface area (Å²) in [6, 6.07) is 2.05. The molecule has 0 bridgehead atoms. The standard InChI is InChI=1S/C26H60N2O3Si2/c1-7-9-11-13-15-17-21-27-23-19-25-32(5,29-3)31-33(6,30-4)26-20-24-28-22-18-16-14-12-10-8-2/h27-28H,7-26H2,1-6H3. The van der Waals surface area contributed by atoms with Crippen molar-refractivity contribution in [2.75, 3.05) is 40.4 Å². The molecule has 0 saturated carbocycles. The lowest BCUT2D eigenvalue weighted by Gasteiger charge is -2.35. The fourth-order valence-electron chi connectivity index (χ4n) is 4.23. The van der Waals surface area contributed by atoms with Crippen LogP contribution in [0, 0.1) is 0 Å². The van der Waals surface area contributed by atoms with Gasteiger partial charge in [0, 0.05) is 14.2 Å². The van der Waals surface area contributed by atoms with Crippen LogP contribution >= 0.6 is 0 Å². The molecule has 0 rings (SSSR count). The summed E-state index contributed by atoms with van der Waals surface area (Å²) >= 11 is 0. The molecule has 0 aliphatic carbocycles. The SMILES string of the molecule is CCCCCCCCNCCC[Si](C)(OC)O[Si](C)(CCCNCCCCCCCC)OC. The molecule has 0 aliphatic heterocycles. The highest BCUT2D eigenvalue weighted by Crippen LogP contribution is 2.24. The maximum atomic E-state index is 6.67. The molecule has 2 N–H and O–H groups in total. The molecule has 0 fully saturated rings. The smallest absolute Gasteiger partial charge is 0.325 e. The third-order valence-electron chi connectivity index (χ3n) is 6.68. The molecule has 5 nitrogen and oxygen atoms in total. The van der Waals surface area contributed by atoms with Crippen LogP contribution in [0.5, 0.6) is 0 Å². The highest BCUT2D eigenvalue weighted by Gasteiger charge is 2.41. The lowest BCUT2D eigenvalue weighted by molar-refractivity contribution is 0.238. The summed E-state index contributed by atoms with van der Waals surface area (Å²) in [6.07, 6.45) is 18.5. The van der Waals surface area contributed by atoms with Crippen LogP contribution in [-0.4, -0.2) is 57.5 Å². The van der Waals surface area contributed by atoms with E-state index >= 15 is 0 Å². The molecule has 33 heavy (non-hydrogen) atoms. The molecular weight excluding hydrogens is 444 g/mol. The summed E-state index contributed by atoms with van der Waals surface area (Å²) in [7, 11) is -0.738. The summed E-state index contributed by atoms with van der Waals surface area (Å²) in [6.45, 7) is 13.3. The summed E-state index contributed by atoms with van der Waals surface area (Å²) < 4.78 is 18.6. The predicted octanol–water partition coefficient (Wildman–Crippen LogP) is 7.12. The van der Waals surface area contributed by atoms with Crippen molar-refractivity contribution in [3.63, 3.8) is 0 Å². The lowest BCUT2D eigenvalue weighted by Crippen LogP contribution is -2.51. The van der Waals surface area contributed by atoms with E-state index in [0.717, 1.165) is 51.1 Å². The van der Waals surface area contributed by atoms with Crippen LogP contribution in [0.3, 0.4) is 0 Å². The van der Waals surface area contributed by atoms with E-state index in [-0.39, 0.29) is 0 Å². The van der Waals surface area contributed by atoms with Crippen molar-refractivity contribution in [3.8, 4) is 0 Å². The molecule has 200 valence electrons. The zero-order chi connectivity index (χ0) is 24.7. The fraction of sp³-hybridized carbons (Fsp3) is 1.00. The van der Waals surface area contributed by atoms with Gasteiger partial charge in [-0.25, -0.2) is 0 Å². The summed E-state index contributed by atoms with van der Waals surface area (Å²) in [5.41, 5.74) is 0. The van der Waals surface area contributed by atoms with Gasteiger partial charge in [0.25, 0.3) is 0 Å². The monoisotopic (exact) mass is 504 g/mol. The molecule has 0 aliphatic rings. The van der Waals surface area contributed by atoms with Crippen molar-refractivity contribution in [3.05, 3.63) is 0 Å². The summed E-state index contributed by atoms with van der Waals surface area (Å²) in [5, 5.41) is 7.21. The maximum Gasteiger partial charge on any atom is 0.325 e. The Morgan fingerprint density at radius 2 is 0.818 bits per heavy atom. The molecule has 0 spiro atoms. The van der Waals surface area contributed by atoms with Gasteiger partial charge in [-0.15, -0.1) is 0 Å². The predicted molar refractivity (Wildman–Crippen MR) is 150 cm³/mol. The Bertz CT molecular complexity index is 385. The average molecular weight is 505 g/mol. The number of nitrogens with one attached hydrogen (secondary N) is 2. The van der Waals surface area contributed by atoms with Gasteiger partial charge >= 0.3 is 17.1 Å². The second-order valence-corrected chi connectivity index (χ2v) is 17.2. The van der Waals surface area contributed by atoms with Crippen LogP contribution in [0.2, 0.25) is 25.2 Å². The molecule has 7 heteroatoms. The van der Waals surface area contributed by atoms with E-state index in [4.69, 9.17) is 13.0 Å². The number of hydrogen-bond acceptors (Lipinski definition) is 5. The lowest BCUT2D eigenvalue weighted by atomic mass is 10.1. The Balaban J connectivity index is 3.97. The number of rotatable bonds is 26. The van der Waals surface area contributed by atoms with Crippen LogP contribution in [-0.2, 0) is 13.0 Å². The first-order chi connectivity index (χ1) is 15.9. The van der Waals surface area contributed by atoms with Crippen molar-refractivity contribution in [1.29, 1.82) is 0 Å². The molecule has 0 radical (unpaired) electrons. The van der Waals surface area contributed by atoms with E-state index in [1.165, 1.54) is 77.0 Å². The first-order valence-corrected chi connectivity index (χ1v) is 19.2. The van der Waals surface area contributed by atoms with E-state index in [0.29, 0.717) is 0 Å². The summed E-state index contributed by atoms with van der Waals surface area (Å²) in [4.78, 5) is 0. The number of hydrogen-bond donors (Lipinski definition) is 2. The molecule has 0 saturated heterocycles. The first kappa shape index (κ1) is 33.2. The Hall–Kier alpha value is 0.234. The molecule has 0 heterocycles. The Kier molecular flexibility index (Phi) is 22.8. The topological polar surface area (TPSA) is 51.8 Å². The third-order valence-corrected chi connectivity index (χ3v) is 14.4. The molecular formula is C26H60N2O3Si2. The first-order valence-electron chi connectivity index (χ1n) is 14.2.